The standard InChI is InChI=1S/C22H27FN2O3/c23-20-8-6-18(7-9-20)16-24-22(26)25-12-10-21(11-13-25)28-15-14-27-17-19-4-2-1-3-5-19/h1-9,21H,10-17H2,(H,24,26). The number of ether oxygens (including phenoxy) is 2. The van der Waals surface area contributed by atoms with E-state index in [4.69, 9.17) is 9.47 Å². The van der Waals surface area contributed by atoms with Crippen LogP contribution >= 0.6 is 0 Å². The number of halogens is 1. The molecule has 0 unspecified atom stereocenters. The minimum Gasteiger partial charge on any atom is -0.376 e. The Hall–Kier alpha value is -2.44. The first-order chi connectivity index (χ1) is 13.7. The van der Waals surface area contributed by atoms with Gasteiger partial charge >= 0.3 is 6.03 Å². The number of hydrogen-bond acceptors (Lipinski definition) is 3. The monoisotopic (exact) mass is 386 g/mol. The molecule has 2 aromatic rings. The molecule has 0 atom stereocenters. The lowest BCUT2D eigenvalue weighted by Crippen LogP contribution is -2.45. The second-order valence-electron chi connectivity index (χ2n) is 6.88. The lowest BCUT2D eigenvalue weighted by Gasteiger charge is -2.32. The highest BCUT2D eigenvalue weighted by Gasteiger charge is 2.22. The van der Waals surface area contributed by atoms with Crippen molar-refractivity contribution in [3.8, 4) is 0 Å². The zero-order chi connectivity index (χ0) is 19.6. The summed E-state index contributed by atoms with van der Waals surface area (Å²) >= 11 is 0. The molecule has 1 fully saturated rings. The second-order valence-corrected chi connectivity index (χ2v) is 6.88. The molecule has 1 aliphatic rings. The summed E-state index contributed by atoms with van der Waals surface area (Å²) in [6, 6.07) is 16.1. The molecule has 0 aliphatic carbocycles. The summed E-state index contributed by atoms with van der Waals surface area (Å²) in [7, 11) is 0. The largest absolute Gasteiger partial charge is 0.376 e. The molecular formula is C22H27FN2O3. The zero-order valence-electron chi connectivity index (χ0n) is 16.0. The van der Waals surface area contributed by atoms with Crippen LogP contribution in [0.3, 0.4) is 0 Å². The average molecular weight is 386 g/mol. The van der Waals surface area contributed by atoms with Crippen LogP contribution in [-0.2, 0) is 22.6 Å². The first kappa shape index (κ1) is 20.3. The maximum atomic E-state index is 12.9. The molecule has 0 radical (unpaired) electrons. The summed E-state index contributed by atoms with van der Waals surface area (Å²) in [5, 5.41) is 2.88. The van der Waals surface area contributed by atoms with Gasteiger partial charge in [0.15, 0.2) is 0 Å². The van der Waals surface area contributed by atoms with E-state index in [0.717, 1.165) is 24.0 Å². The predicted octanol–water partition coefficient (Wildman–Crippen LogP) is 3.73. The van der Waals surface area contributed by atoms with Crippen molar-refractivity contribution >= 4 is 6.03 Å². The van der Waals surface area contributed by atoms with Crippen LogP contribution in [-0.4, -0.2) is 43.3 Å². The molecule has 1 heterocycles. The number of likely N-dealkylation sites (tertiary alicyclic amines) is 1. The van der Waals surface area contributed by atoms with Crippen LogP contribution in [0.2, 0.25) is 0 Å². The number of benzene rings is 2. The molecule has 2 amide bonds. The summed E-state index contributed by atoms with van der Waals surface area (Å²) in [6.45, 7) is 3.46. The number of carbonyl (C=O) groups excluding carboxylic acids is 1. The zero-order valence-corrected chi connectivity index (χ0v) is 16.0. The van der Waals surface area contributed by atoms with Crippen LogP contribution in [0, 0.1) is 5.82 Å². The van der Waals surface area contributed by atoms with E-state index < -0.39 is 0 Å². The van der Waals surface area contributed by atoms with Gasteiger partial charge in [-0.05, 0) is 36.1 Å². The van der Waals surface area contributed by atoms with Gasteiger partial charge in [0.2, 0.25) is 0 Å². The molecule has 1 aliphatic heterocycles. The molecule has 0 spiro atoms. The van der Waals surface area contributed by atoms with Crippen LogP contribution < -0.4 is 5.32 Å². The number of rotatable bonds is 8. The normalized spacial score (nSPS) is 14.8. The topological polar surface area (TPSA) is 50.8 Å². The van der Waals surface area contributed by atoms with Gasteiger partial charge in [-0.3, -0.25) is 0 Å². The van der Waals surface area contributed by atoms with Gasteiger partial charge in [0, 0.05) is 19.6 Å². The molecule has 3 rings (SSSR count). The minimum atomic E-state index is -0.275. The fourth-order valence-electron chi connectivity index (χ4n) is 3.16. The van der Waals surface area contributed by atoms with E-state index >= 15 is 0 Å². The van der Waals surface area contributed by atoms with Crippen molar-refractivity contribution in [1.29, 1.82) is 0 Å². The predicted molar refractivity (Wildman–Crippen MR) is 105 cm³/mol. The lowest BCUT2D eigenvalue weighted by molar-refractivity contribution is -0.0208. The van der Waals surface area contributed by atoms with Gasteiger partial charge in [0.25, 0.3) is 0 Å². The van der Waals surface area contributed by atoms with Crippen molar-refractivity contribution in [3.05, 3.63) is 71.5 Å². The molecule has 1 saturated heterocycles. The third-order valence-corrected chi connectivity index (χ3v) is 4.78. The highest BCUT2D eigenvalue weighted by atomic mass is 19.1. The van der Waals surface area contributed by atoms with E-state index in [2.05, 4.69) is 5.32 Å². The smallest absolute Gasteiger partial charge is 0.317 e. The highest BCUT2D eigenvalue weighted by molar-refractivity contribution is 5.74. The van der Waals surface area contributed by atoms with Gasteiger partial charge in [0.1, 0.15) is 5.82 Å². The van der Waals surface area contributed by atoms with Crippen molar-refractivity contribution in [2.24, 2.45) is 0 Å². The summed E-state index contributed by atoms with van der Waals surface area (Å²) < 4.78 is 24.4. The maximum Gasteiger partial charge on any atom is 0.317 e. The average Bonchev–Trinajstić information content (AvgIpc) is 2.74. The molecule has 6 heteroatoms. The van der Waals surface area contributed by atoms with E-state index in [1.807, 2.05) is 30.3 Å². The lowest BCUT2D eigenvalue weighted by atomic mass is 10.1. The number of amides is 2. The molecule has 0 aromatic heterocycles. The number of carbonyl (C=O) groups is 1. The quantitative estimate of drug-likeness (QED) is 0.704. The van der Waals surface area contributed by atoms with Crippen molar-refractivity contribution in [3.63, 3.8) is 0 Å². The Morgan fingerprint density at radius 1 is 1.00 bits per heavy atom. The van der Waals surface area contributed by atoms with E-state index in [0.29, 0.717) is 39.5 Å². The second kappa shape index (κ2) is 10.8. The van der Waals surface area contributed by atoms with E-state index in [-0.39, 0.29) is 18.0 Å². The third-order valence-electron chi connectivity index (χ3n) is 4.78. The highest BCUT2D eigenvalue weighted by Crippen LogP contribution is 2.14. The summed E-state index contributed by atoms with van der Waals surface area (Å²) in [6.07, 6.45) is 1.81. The van der Waals surface area contributed by atoms with Crippen LogP contribution in [0.5, 0.6) is 0 Å². The number of nitrogens with zero attached hydrogens (tertiary/aromatic N) is 1. The summed E-state index contributed by atoms with van der Waals surface area (Å²) in [4.78, 5) is 14.1. The molecule has 5 nitrogen and oxygen atoms in total. The van der Waals surface area contributed by atoms with Gasteiger partial charge in [-0.1, -0.05) is 42.5 Å². The van der Waals surface area contributed by atoms with Gasteiger partial charge in [0.05, 0.1) is 25.9 Å². The Morgan fingerprint density at radius 3 is 2.43 bits per heavy atom. The maximum absolute atomic E-state index is 12.9. The van der Waals surface area contributed by atoms with Crippen molar-refractivity contribution in [2.75, 3.05) is 26.3 Å². The SMILES string of the molecule is O=C(NCc1ccc(F)cc1)N1CCC(OCCOCc2ccccc2)CC1. The fraction of sp³-hybridized carbons (Fsp3) is 0.409. The van der Waals surface area contributed by atoms with Crippen molar-refractivity contribution in [2.45, 2.75) is 32.1 Å². The van der Waals surface area contributed by atoms with Crippen LogP contribution in [0.4, 0.5) is 9.18 Å². The third kappa shape index (κ3) is 6.62. The Bertz CT molecular complexity index is 716. The van der Waals surface area contributed by atoms with Gasteiger partial charge in [-0.25, -0.2) is 9.18 Å². The number of urea groups is 1. The number of piperidine rings is 1. The fourth-order valence-corrected chi connectivity index (χ4v) is 3.16. The summed E-state index contributed by atoms with van der Waals surface area (Å²) in [5.74, 6) is -0.275. The van der Waals surface area contributed by atoms with Gasteiger partial charge < -0.3 is 19.7 Å². The molecule has 2 aromatic carbocycles. The van der Waals surface area contributed by atoms with Gasteiger partial charge in [-0.15, -0.1) is 0 Å². The van der Waals surface area contributed by atoms with Crippen molar-refractivity contribution in [1.82, 2.24) is 10.2 Å². The Balaban J connectivity index is 1.26. The molecule has 0 saturated carbocycles. The van der Waals surface area contributed by atoms with E-state index in [9.17, 15) is 9.18 Å². The first-order valence-corrected chi connectivity index (χ1v) is 9.71. The Kier molecular flexibility index (Phi) is 7.82. The molecular weight excluding hydrogens is 359 g/mol. The Labute approximate surface area is 165 Å². The molecule has 0 bridgehead atoms. The Morgan fingerprint density at radius 2 is 1.71 bits per heavy atom. The number of hydrogen-bond donors (Lipinski definition) is 1. The minimum absolute atomic E-state index is 0.0889. The van der Waals surface area contributed by atoms with Crippen LogP contribution in [0.25, 0.3) is 0 Å². The van der Waals surface area contributed by atoms with E-state index in [1.165, 1.54) is 12.1 Å². The first-order valence-electron chi connectivity index (χ1n) is 9.71. The van der Waals surface area contributed by atoms with Crippen molar-refractivity contribution < 1.29 is 18.7 Å². The molecule has 150 valence electrons. The summed E-state index contributed by atoms with van der Waals surface area (Å²) in [5.41, 5.74) is 2.03. The van der Waals surface area contributed by atoms with Gasteiger partial charge in [-0.2, -0.15) is 0 Å². The van der Waals surface area contributed by atoms with Crippen LogP contribution in [0.1, 0.15) is 24.0 Å². The van der Waals surface area contributed by atoms with E-state index in [1.54, 1.807) is 17.0 Å². The molecule has 1 N–H and O–H groups in total. The molecule has 28 heavy (non-hydrogen) atoms. The number of nitrogens with one attached hydrogen (secondary N) is 1. The van der Waals surface area contributed by atoms with Crippen LogP contribution in [0.15, 0.2) is 54.6 Å².